The van der Waals surface area contributed by atoms with Gasteiger partial charge in [-0.2, -0.15) is 0 Å². The zero-order valence-corrected chi connectivity index (χ0v) is 15.5. The highest BCUT2D eigenvalue weighted by Gasteiger charge is 2.14. The lowest BCUT2D eigenvalue weighted by Crippen LogP contribution is -2.20. The SMILES string of the molecule is CC(=O)CC(C)Cc1ccc(C#Cc2cnc(N3CCCC3)nc2)cc1. The lowest BCUT2D eigenvalue weighted by Gasteiger charge is -2.13. The molecule has 1 aromatic heterocycles. The van der Waals surface area contributed by atoms with Gasteiger partial charge in [-0.15, -0.1) is 0 Å². The first kappa shape index (κ1) is 18.1. The second-order valence-electron chi connectivity index (χ2n) is 7.13. The molecule has 1 saturated heterocycles. The van der Waals surface area contributed by atoms with Crippen LogP contribution in [0.2, 0.25) is 0 Å². The highest BCUT2D eigenvalue weighted by Crippen LogP contribution is 2.15. The molecule has 134 valence electrons. The smallest absolute Gasteiger partial charge is 0.225 e. The van der Waals surface area contributed by atoms with Crippen LogP contribution in [0.3, 0.4) is 0 Å². The van der Waals surface area contributed by atoms with Crippen LogP contribution in [0.4, 0.5) is 5.95 Å². The van der Waals surface area contributed by atoms with Crippen molar-refractivity contribution < 1.29 is 4.79 Å². The van der Waals surface area contributed by atoms with Gasteiger partial charge < -0.3 is 9.69 Å². The molecule has 0 saturated carbocycles. The Balaban J connectivity index is 1.60. The topological polar surface area (TPSA) is 46.1 Å². The molecule has 4 nitrogen and oxygen atoms in total. The number of nitrogens with zero attached hydrogens (tertiary/aromatic N) is 3. The largest absolute Gasteiger partial charge is 0.341 e. The van der Waals surface area contributed by atoms with Crippen molar-refractivity contribution in [2.75, 3.05) is 18.0 Å². The molecule has 0 spiro atoms. The minimum atomic E-state index is 0.248. The zero-order chi connectivity index (χ0) is 18.4. The standard InChI is InChI=1S/C22H25N3O/c1-17(13-18(2)26)14-20-8-5-19(6-9-20)7-10-21-15-23-22(24-16-21)25-11-3-4-12-25/h5-6,8-9,15-17H,3-4,11-14H2,1-2H3. The van der Waals surface area contributed by atoms with Crippen LogP contribution >= 0.6 is 0 Å². The molecule has 1 aliphatic rings. The third-order valence-electron chi connectivity index (χ3n) is 4.55. The molecule has 2 aromatic rings. The molecule has 1 unspecified atom stereocenters. The van der Waals surface area contributed by atoms with E-state index in [-0.39, 0.29) is 5.78 Å². The van der Waals surface area contributed by atoms with Gasteiger partial charge in [-0.25, -0.2) is 9.97 Å². The van der Waals surface area contributed by atoms with Crippen LogP contribution in [-0.4, -0.2) is 28.8 Å². The number of carbonyl (C=O) groups is 1. The van der Waals surface area contributed by atoms with Gasteiger partial charge in [0, 0.05) is 37.5 Å². The molecule has 3 rings (SSSR count). The van der Waals surface area contributed by atoms with Crippen LogP contribution in [0.1, 0.15) is 49.8 Å². The van der Waals surface area contributed by atoms with Gasteiger partial charge in [0.1, 0.15) is 5.78 Å². The molecule has 0 N–H and O–H groups in total. The van der Waals surface area contributed by atoms with Crippen molar-refractivity contribution in [3.63, 3.8) is 0 Å². The van der Waals surface area contributed by atoms with E-state index in [4.69, 9.17) is 0 Å². The predicted molar refractivity (Wildman–Crippen MR) is 104 cm³/mol. The Morgan fingerprint density at radius 2 is 1.69 bits per heavy atom. The highest BCUT2D eigenvalue weighted by molar-refractivity contribution is 5.75. The Bertz CT molecular complexity index is 794. The van der Waals surface area contributed by atoms with Crippen molar-refractivity contribution >= 4 is 11.7 Å². The maximum Gasteiger partial charge on any atom is 0.225 e. The number of Topliss-reactive ketones (excluding diaryl/α,β-unsaturated/α-hetero) is 1. The Morgan fingerprint density at radius 3 is 2.31 bits per heavy atom. The van der Waals surface area contributed by atoms with Gasteiger partial charge in [-0.1, -0.05) is 30.9 Å². The molecular formula is C22H25N3O. The monoisotopic (exact) mass is 347 g/mol. The lowest BCUT2D eigenvalue weighted by molar-refractivity contribution is -0.117. The minimum Gasteiger partial charge on any atom is -0.341 e. The number of hydrogen-bond donors (Lipinski definition) is 0. The summed E-state index contributed by atoms with van der Waals surface area (Å²) in [5.41, 5.74) is 3.03. The fourth-order valence-corrected chi connectivity index (χ4v) is 3.30. The van der Waals surface area contributed by atoms with Gasteiger partial charge in [0.25, 0.3) is 0 Å². The molecule has 0 amide bonds. The van der Waals surface area contributed by atoms with Gasteiger partial charge in [-0.05, 0) is 49.8 Å². The van der Waals surface area contributed by atoms with Gasteiger partial charge >= 0.3 is 0 Å². The number of aromatic nitrogens is 2. The molecule has 26 heavy (non-hydrogen) atoms. The molecule has 0 aliphatic carbocycles. The van der Waals surface area contributed by atoms with Gasteiger partial charge in [-0.3, -0.25) is 0 Å². The summed E-state index contributed by atoms with van der Waals surface area (Å²) in [5, 5.41) is 0. The molecule has 1 atom stereocenters. The van der Waals surface area contributed by atoms with Crippen molar-refractivity contribution in [2.45, 2.75) is 39.5 Å². The minimum absolute atomic E-state index is 0.248. The van der Waals surface area contributed by atoms with Crippen LogP contribution < -0.4 is 4.90 Å². The molecule has 0 radical (unpaired) electrons. The molecule has 1 aromatic carbocycles. The van der Waals surface area contributed by atoms with E-state index in [1.54, 1.807) is 19.3 Å². The maximum absolute atomic E-state index is 11.2. The van der Waals surface area contributed by atoms with Gasteiger partial charge in [0.2, 0.25) is 5.95 Å². The van der Waals surface area contributed by atoms with E-state index in [9.17, 15) is 4.79 Å². The van der Waals surface area contributed by atoms with Gasteiger partial charge in [0.15, 0.2) is 0 Å². The Hall–Kier alpha value is -2.67. The second-order valence-corrected chi connectivity index (χ2v) is 7.13. The first-order valence-electron chi connectivity index (χ1n) is 9.27. The average molecular weight is 347 g/mol. The number of rotatable bonds is 5. The van der Waals surface area contributed by atoms with Crippen LogP contribution in [0, 0.1) is 17.8 Å². The predicted octanol–water partition coefficient (Wildman–Crippen LogP) is 3.63. The second kappa shape index (κ2) is 8.62. The Morgan fingerprint density at radius 1 is 1.08 bits per heavy atom. The lowest BCUT2D eigenvalue weighted by atomic mass is 9.96. The van der Waals surface area contributed by atoms with Gasteiger partial charge in [0.05, 0.1) is 5.56 Å². The van der Waals surface area contributed by atoms with Crippen LogP contribution in [0.5, 0.6) is 0 Å². The van der Waals surface area contributed by atoms with Crippen LogP contribution in [-0.2, 0) is 11.2 Å². The number of carbonyl (C=O) groups excluding carboxylic acids is 1. The van der Waals surface area contributed by atoms with E-state index < -0.39 is 0 Å². The summed E-state index contributed by atoms with van der Waals surface area (Å²) < 4.78 is 0. The third kappa shape index (κ3) is 5.16. The van der Waals surface area contributed by atoms with E-state index in [0.29, 0.717) is 12.3 Å². The van der Waals surface area contributed by atoms with Crippen LogP contribution in [0.15, 0.2) is 36.7 Å². The average Bonchev–Trinajstić information content (AvgIpc) is 3.15. The first-order valence-corrected chi connectivity index (χ1v) is 9.27. The molecule has 0 bridgehead atoms. The molecule has 2 heterocycles. The number of ketones is 1. The van der Waals surface area contributed by atoms with E-state index >= 15 is 0 Å². The van der Waals surface area contributed by atoms with E-state index in [1.165, 1.54) is 18.4 Å². The molecule has 4 heteroatoms. The van der Waals surface area contributed by atoms with E-state index in [2.05, 4.69) is 45.8 Å². The first-order chi connectivity index (χ1) is 12.6. The third-order valence-corrected chi connectivity index (χ3v) is 4.55. The number of anilines is 1. The Labute approximate surface area is 155 Å². The Kier molecular flexibility index (Phi) is 6.01. The number of benzene rings is 1. The zero-order valence-electron chi connectivity index (χ0n) is 15.5. The van der Waals surface area contributed by atoms with Crippen molar-refractivity contribution in [1.29, 1.82) is 0 Å². The summed E-state index contributed by atoms with van der Waals surface area (Å²) >= 11 is 0. The van der Waals surface area contributed by atoms with Crippen LogP contribution in [0.25, 0.3) is 0 Å². The van der Waals surface area contributed by atoms with Crippen molar-refractivity contribution in [2.24, 2.45) is 5.92 Å². The molecular weight excluding hydrogens is 322 g/mol. The summed E-state index contributed by atoms with van der Waals surface area (Å²) in [6.45, 7) is 5.85. The summed E-state index contributed by atoms with van der Waals surface area (Å²) in [5.74, 6) is 7.71. The summed E-state index contributed by atoms with van der Waals surface area (Å²) in [6, 6.07) is 8.24. The fraction of sp³-hybridized carbons (Fsp3) is 0.409. The van der Waals surface area contributed by atoms with Crippen molar-refractivity contribution in [3.8, 4) is 11.8 Å². The van der Waals surface area contributed by atoms with E-state index in [1.807, 2.05) is 12.1 Å². The molecule has 1 fully saturated rings. The fourth-order valence-electron chi connectivity index (χ4n) is 3.30. The maximum atomic E-state index is 11.2. The summed E-state index contributed by atoms with van der Waals surface area (Å²) in [7, 11) is 0. The quantitative estimate of drug-likeness (QED) is 0.775. The highest BCUT2D eigenvalue weighted by atomic mass is 16.1. The van der Waals surface area contributed by atoms with Crippen molar-refractivity contribution in [1.82, 2.24) is 9.97 Å². The molecule has 1 aliphatic heterocycles. The van der Waals surface area contributed by atoms with Crippen molar-refractivity contribution in [3.05, 3.63) is 53.3 Å². The summed E-state index contributed by atoms with van der Waals surface area (Å²) in [4.78, 5) is 22.3. The summed E-state index contributed by atoms with van der Waals surface area (Å²) in [6.07, 6.45) is 7.58. The van der Waals surface area contributed by atoms with E-state index in [0.717, 1.165) is 36.6 Å². The normalized spacial score (nSPS) is 14.6. The number of hydrogen-bond acceptors (Lipinski definition) is 4.